The van der Waals surface area contributed by atoms with E-state index in [1.54, 1.807) is 19.2 Å². The Balaban J connectivity index is 1.28. The number of morpholine rings is 1. The smallest absolute Gasteiger partial charge is 0.198 e. The van der Waals surface area contributed by atoms with Gasteiger partial charge in [-0.25, -0.2) is 0 Å². The minimum absolute atomic E-state index is 0.0205. The molecule has 7 rings (SSSR count). The van der Waals surface area contributed by atoms with Gasteiger partial charge in [0.15, 0.2) is 36.2 Å². The van der Waals surface area contributed by atoms with Crippen LogP contribution in [0.3, 0.4) is 0 Å². The molecule has 0 spiro atoms. The van der Waals surface area contributed by atoms with E-state index in [4.69, 9.17) is 23.7 Å². The van der Waals surface area contributed by atoms with Crippen LogP contribution >= 0.6 is 0 Å². The number of hydrogen-bond donors (Lipinski definition) is 3. The van der Waals surface area contributed by atoms with Gasteiger partial charge in [0, 0.05) is 61.2 Å². The third-order valence-electron chi connectivity index (χ3n) is 9.53. The Kier molecular flexibility index (Phi) is 6.74. The Morgan fingerprint density at radius 3 is 2.40 bits per heavy atom. The van der Waals surface area contributed by atoms with Crippen molar-refractivity contribution in [1.82, 2.24) is 4.90 Å². The molecule has 5 aliphatic rings. The highest BCUT2D eigenvalue weighted by molar-refractivity contribution is 6.30. The van der Waals surface area contributed by atoms with Crippen molar-refractivity contribution in [3.8, 4) is 11.5 Å². The van der Waals surface area contributed by atoms with Crippen LogP contribution in [-0.2, 0) is 34.9 Å². The first kappa shape index (κ1) is 28.5. The molecule has 3 N–H and O–H groups in total. The molecule has 2 aromatic rings. The average molecular weight is 596 g/mol. The summed E-state index contributed by atoms with van der Waals surface area (Å²) in [4.78, 5) is 41.9. The van der Waals surface area contributed by atoms with Gasteiger partial charge in [-0.2, -0.15) is 0 Å². The predicted octanol–water partition coefficient (Wildman–Crippen LogP) is 1.73. The van der Waals surface area contributed by atoms with Gasteiger partial charge < -0.3 is 39.0 Å². The Labute approximate surface area is 247 Å². The lowest BCUT2D eigenvalue weighted by Gasteiger charge is -2.43. The van der Waals surface area contributed by atoms with Crippen molar-refractivity contribution in [3.05, 3.63) is 57.6 Å². The lowest BCUT2D eigenvalue weighted by molar-refractivity contribution is -0.256. The lowest BCUT2D eigenvalue weighted by atomic mass is 9.72. The molecule has 0 bridgehead atoms. The number of aromatic hydroxyl groups is 2. The summed E-state index contributed by atoms with van der Waals surface area (Å²) in [5.41, 5.74) is -2.42. The summed E-state index contributed by atoms with van der Waals surface area (Å²) in [5, 5.41) is 34.5. The summed E-state index contributed by atoms with van der Waals surface area (Å²) in [6.07, 6.45) is -3.97. The van der Waals surface area contributed by atoms with Crippen molar-refractivity contribution in [3.63, 3.8) is 0 Å². The fourth-order valence-electron chi connectivity index (χ4n) is 7.36. The van der Waals surface area contributed by atoms with E-state index in [0.29, 0.717) is 19.6 Å². The van der Waals surface area contributed by atoms with E-state index in [9.17, 15) is 29.7 Å². The Morgan fingerprint density at radius 1 is 1.07 bits per heavy atom. The Morgan fingerprint density at radius 2 is 1.74 bits per heavy atom. The Bertz CT molecular complexity index is 1540. The standard InChI is InChI=1S/C31H33NO11/c1-13-28-18(32-8-9-40-30(39-3)29(32)43-28)10-20(41-13)42-19-12-31(38,14(2)33)11-17-21(19)27(37)23-22(26(17)36)24(34)15-6-4-5-7-16(15)25(23)35/h4-7,13,18-20,28-30,36-38H,8-12H2,1-3H3/t13-,18-,19-,20-,28+,29+,30-,31-/m0/s1. The number of nitrogens with zero attached hydrogens (tertiary/aromatic N) is 1. The predicted molar refractivity (Wildman–Crippen MR) is 146 cm³/mol. The second-order valence-electron chi connectivity index (χ2n) is 11.9. The van der Waals surface area contributed by atoms with Gasteiger partial charge >= 0.3 is 0 Å². The molecule has 12 heteroatoms. The number of fused-ring (bicyclic) bond motifs is 6. The van der Waals surface area contributed by atoms with Crippen LogP contribution in [0, 0.1) is 0 Å². The number of ketones is 3. The largest absolute Gasteiger partial charge is 0.507 e. The zero-order chi connectivity index (χ0) is 30.4. The van der Waals surface area contributed by atoms with Gasteiger partial charge in [-0.05, 0) is 13.8 Å². The van der Waals surface area contributed by atoms with Gasteiger partial charge in [0.2, 0.25) is 0 Å². The quantitative estimate of drug-likeness (QED) is 0.375. The van der Waals surface area contributed by atoms with E-state index in [1.807, 2.05) is 6.92 Å². The average Bonchev–Trinajstić information content (AvgIpc) is 3.37. The SMILES string of the molecule is CO[C@H]1OCCN2[C@@H]1O[C@@H]1[C@H](C)O[C@@H](O[C@H]3C[C@](O)(C(C)=O)Cc4c(O)c5c(c(O)c43)C(=O)c3ccccc3C5=O)C[C@@H]12. The molecular formula is C31H33NO11. The number of phenols is 2. The summed E-state index contributed by atoms with van der Waals surface area (Å²) in [7, 11) is 1.56. The minimum Gasteiger partial charge on any atom is -0.507 e. The highest BCUT2D eigenvalue weighted by Gasteiger charge is 2.55. The van der Waals surface area contributed by atoms with Crippen LogP contribution in [0.1, 0.15) is 75.8 Å². The van der Waals surface area contributed by atoms with Crippen LogP contribution in [-0.4, -0.2) is 100 Å². The van der Waals surface area contributed by atoms with Gasteiger partial charge in [-0.1, -0.05) is 24.3 Å². The molecule has 228 valence electrons. The zero-order valence-electron chi connectivity index (χ0n) is 23.9. The van der Waals surface area contributed by atoms with Crippen molar-refractivity contribution in [2.75, 3.05) is 20.3 Å². The molecule has 3 aliphatic heterocycles. The van der Waals surface area contributed by atoms with Crippen molar-refractivity contribution < 1.29 is 53.4 Å². The monoisotopic (exact) mass is 595 g/mol. The molecule has 43 heavy (non-hydrogen) atoms. The maximum absolute atomic E-state index is 13.6. The third-order valence-corrected chi connectivity index (χ3v) is 9.53. The van der Waals surface area contributed by atoms with Crippen LogP contribution < -0.4 is 0 Å². The molecule has 0 unspecified atom stereocenters. The molecule has 3 heterocycles. The van der Waals surface area contributed by atoms with E-state index in [0.717, 1.165) is 0 Å². The van der Waals surface area contributed by atoms with Crippen molar-refractivity contribution >= 4 is 17.3 Å². The molecule has 2 aromatic carbocycles. The van der Waals surface area contributed by atoms with E-state index < -0.39 is 65.5 Å². The number of ether oxygens (including phenoxy) is 5. The number of carbonyl (C=O) groups excluding carboxylic acids is 3. The molecule has 0 amide bonds. The molecule has 8 atom stereocenters. The summed E-state index contributed by atoms with van der Waals surface area (Å²) >= 11 is 0. The topological polar surface area (TPSA) is 161 Å². The number of hydrogen-bond acceptors (Lipinski definition) is 12. The molecule has 0 radical (unpaired) electrons. The second kappa shape index (κ2) is 10.2. The molecule has 2 aliphatic carbocycles. The zero-order valence-corrected chi connectivity index (χ0v) is 23.9. The summed E-state index contributed by atoms with van der Waals surface area (Å²) in [6.45, 7) is 4.15. The normalized spacial score (nSPS) is 35.0. The van der Waals surface area contributed by atoms with Crippen molar-refractivity contribution in [2.24, 2.45) is 0 Å². The summed E-state index contributed by atoms with van der Waals surface area (Å²) in [6, 6.07) is 6.06. The molecule has 0 saturated carbocycles. The van der Waals surface area contributed by atoms with Crippen LogP contribution in [0.2, 0.25) is 0 Å². The number of methoxy groups -OCH3 is 1. The fraction of sp³-hybridized carbons (Fsp3) is 0.516. The van der Waals surface area contributed by atoms with E-state index in [-0.39, 0.29) is 58.4 Å². The number of phenolic OH excluding ortho intramolecular Hbond substituents is 2. The minimum atomic E-state index is -1.96. The van der Waals surface area contributed by atoms with E-state index in [2.05, 4.69) is 4.90 Å². The van der Waals surface area contributed by atoms with Crippen molar-refractivity contribution in [2.45, 2.75) is 81.9 Å². The number of Topliss-reactive ketones (excluding diaryl/α,β-unsaturated/α-hetero) is 1. The van der Waals surface area contributed by atoms with Gasteiger partial charge in [-0.15, -0.1) is 0 Å². The first-order chi connectivity index (χ1) is 20.5. The van der Waals surface area contributed by atoms with Gasteiger partial charge in [0.1, 0.15) is 23.2 Å². The van der Waals surface area contributed by atoms with E-state index >= 15 is 0 Å². The molecule has 3 fully saturated rings. The third kappa shape index (κ3) is 4.20. The summed E-state index contributed by atoms with van der Waals surface area (Å²) < 4.78 is 30.1. The van der Waals surface area contributed by atoms with Gasteiger partial charge in [0.05, 0.1) is 29.9 Å². The number of benzene rings is 2. The van der Waals surface area contributed by atoms with Crippen LogP contribution in [0.5, 0.6) is 11.5 Å². The maximum Gasteiger partial charge on any atom is 0.198 e. The highest BCUT2D eigenvalue weighted by atomic mass is 16.7. The number of rotatable bonds is 4. The van der Waals surface area contributed by atoms with Crippen LogP contribution in [0.4, 0.5) is 0 Å². The van der Waals surface area contributed by atoms with Crippen LogP contribution in [0.15, 0.2) is 24.3 Å². The molecular weight excluding hydrogens is 562 g/mol. The highest BCUT2D eigenvalue weighted by Crippen LogP contribution is 2.52. The lowest BCUT2D eigenvalue weighted by Crippen LogP contribution is -2.55. The van der Waals surface area contributed by atoms with Crippen molar-refractivity contribution in [1.29, 1.82) is 0 Å². The fourth-order valence-corrected chi connectivity index (χ4v) is 7.36. The maximum atomic E-state index is 13.6. The Hall–Kier alpha value is -3.23. The number of aliphatic hydroxyl groups is 1. The first-order valence-electron chi connectivity index (χ1n) is 14.4. The first-order valence-corrected chi connectivity index (χ1v) is 14.4. The molecule has 12 nitrogen and oxygen atoms in total. The number of carbonyl (C=O) groups is 3. The molecule has 3 saturated heterocycles. The van der Waals surface area contributed by atoms with E-state index in [1.165, 1.54) is 19.1 Å². The second-order valence-corrected chi connectivity index (χ2v) is 11.9. The summed E-state index contributed by atoms with van der Waals surface area (Å²) in [5.74, 6) is -2.91. The molecule has 0 aromatic heterocycles. The van der Waals surface area contributed by atoms with Gasteiger partial charge in [-0.3, -0.25) is 19.3 Å². The van der Waals surface area contributed by atoms with Gasteiger partial charge in [0.25, 0.3) is 0 Å². The van der Waals surface area contributed by atoms with Crippen LogP contribution in [0.25, 0.3) is 0 Å².